The van der Waals surface area contributed by atoms with Crippen molar-refractivity contribution >= 4 is 33.4 Å². The van der Waals surface area contributed by atoms with Gasteiger partial charge in [-0.15, -0.1) is 11.8 Å². The Morgan fingerprint density at radius 1 is 1.03 bits per heavy atom. The molecule has 0 unspecified atom stereocenters. The first-order valence-electron chi connectivity index (χ1n) is 10.0. The molecule has 0 radical (unpaired) electrons. The maximum Gasteiger partial charge on any atom is 0.261 e. The first-order valence-corrected chi connectivity index (χ1v) is 12.7. The third-order valence-corrected chi connectivity index (χ3v) is 6.91. The Labute approximate surface area is 193 Å². The van der Waals surface area contributed by atoms with Crippen LogP contribution in [0.1, 0.15) is 24.1 Å². The van der Waals surface area contributed by atoms with E-state index in [4.69, 9.17) is 4.74 Å². The largest absolute Gasteiger partial charge is 0.484 e. The average molecular weight is 471 g/mol. The van der Waals surface area contributed by atoms with E-state index >= 15 is 0 Å². The maximum atomic E-state index is 12.6. The lowest BCUT2D eigenvalue weighted by atomic mass is 10.1. The molecule has 1 atom stereocenters. The van der Waals surface area contributed by atoms with Gasteiger partial charge in [-0.3, -0.25) is 9.52 Å². The number of anilines is 1. The number of rotatable bonds is 9. The summed E-state index contributed by atoms with van der Waals surface area (Å²) in [6, 6.07) is 20.9. The molecular formula is C24H26N2O4S2. The van der Waals surface area contributed by atoms with E-state index in [2.05, 4.69) is 10.0 Å². The van der Waals surface area contributed by atoms with E-state index in [-0.39, 0.29) is 23.5 Å². The number of aryl methyl sites for hydroxylation is 1. The molecule has 0 aromatic heterocycles. The minimum Gasteiger partial charge on any atom is -0.484 e. The number of carbonyl (C=O) groups excluding carboxylic acids is 1. The van der Waals surface area contributed by atoms with Crippen LogP contribution in [0.5, 0.6) is 5.75 Å². The number of thioether (sulfide) groups is 1. The van der Waals surface area contributed by atoms with E-state index in [1.807, 2.05) is 50.4 Å². The predicted molar refractivity (Wildman–Crippen MR) is 129 cm³/mol. The Kier molecular flexibility index (Phi) is 7.82. The van der Waals surface area contributed by atoms with Gasteiger partial charge in [-0.1, -0.05) is 24.3 Å². The molecule has 2 N–H and O–H groups in total. The fraction of sp³-hybridized carbons (Fsp3) is 0.208. The minimum absolute atomic E-state index is 0.109. The van der Waals surface area contributed by atoms with Crippen molar-refractivity contribution in [3.8, 4) is 5.75 Å². The summed E-state index contributed by atoms with van der Waals surface area (Å²) in [4.78, 5) is 13.5. The molecule has 3 rings (SSSR count). The van der Waals surface area contributed by atoms with E-state index in [0.717, 1.165) is 16.0 Å². The molecule has 3 aromatic rings. The molecule has 168 valence electrons. The second-order valence-corrected chi connectivity index (χ2v) is 9.86. The van der Waals surface area contributed by atoms with E-state index < -0.39 is 10.0 Å². The van der Waals surface area contributed by atoms with Crippen molar-refractivity contribution in [2.75, 3.05) is 17.6 Å². The van der Waals surface area contributed by atoms with Crippen LogP contribution in [0.25, 0.3) is 0 Å². The molecule has 1 amide bonds. The van der Waals surface area contributed by atoms with Gasteiger partial charge in [0, 0.05) is 10.6 Å². The standard InChI is InChI=1S/C24H26N2O4S2/c1-17-5-4-6-20(15-17)26-32(28,29)23-13-9-21(10-14-23)30-16-24(27)25-18(2)19-7-11-22(31-3)12-8-19/h4-15,18,26H,16H2,1-3H3,(H,25,27)/t18-/m0/s1. The monoisotopic (exact) mass is 470 g/mol. The Morgan fingerprint density at radius 3 is 2.34 bits per heavy atom. The minimum atomic E-state index is -3.72. The van der Waals surface area contributed by atoms with Crippen LogP contribution in [0.4, 0.5) is 5.69 Å². The summed E-state index contributed by atoms with van der Waals surface area (Å²) in [5.74, 6) is 0.149. The summed E-state index contributed by atoms with van der Waals surface area (Å²) >= 11 is 1.66. The zero-order valence-electron chi connectivity index (χ0n) is 18.2. The molecule has 32 heavy (non-hydrogen) atoms. The molecule has 0 heterocycles. The first kappa shape index (κ1) is 23.7. The number of hydrogen-bond acceptors (Lipinski definition) is 5. The lowest BCUT2D eigenvalue weighted by molar-refractivity contribution is -0.123. The predicted octanol–water partition coefficient (Wildman–Crippen LogP) is 4.77. The number of sulfonamides is 1. The van der Waals surface area contributed by atoms with Crippen LogP contribution in [-0.4, -0.2) is 27.2 Å². The Hall–Kier alpha value is -2.97. The lowest BCUT2D eigenvalue weighted by Crippen LogP contribution is -2.31. The van der Waals surface area contributed by atoms with Crippen molar-refractivity contribution in [3.63, 3.8) is 0 Å². The van der Waals surface area contributed by atoms with Crippen LogP contribution in [-0.2, 0) is 14.8 Å². The summed E-state index contributed by atoms with van der Waals surface area (Å²) in [7, 11) is -3.72. The van der Waals surface area contributed by atoms with Gasteiger partial charge in [0.15, 0.2) is 6.61 Å². The highest BCUT2D eigenvalue weighted by molar-refractivity contribution is 7.98. The van der Waals surface area contributed by atoms with E-state index in [0.29, 0.717) is 11.4 Å². The Bertz CT molecular complexity index is 1160. The van der Waals surface area contributed by atoms with Gasteiger partial charge < -0.3 is 10.1 Å². The first-order chi connectivity index (χ1) is 15.3. The quantitative estimate of drug-likeness (QED) is 0.440. The second-order valence-electron chi connectivity index (χ2n) is 7.30. The summed E-state index contributed by atoms with van der Waals surface area (Å²) in [5, 5.41) is 2.89. The molecular weight excluding hydrogens is 444 g/mol. The smallest absolute Gasteiger partial charge is 0.261 e. The molecule has 0 fully saturated rings. The molecule has 0 spiro atoms. The summed E-state index contributed by atoms with van der Waals surface area (Å²) in [6.07, 6.45) is 2.01. The van der Waals surface area contributed by atoms with Crippen molar-refractivity contribution < 1.29 is 17.9 Å². The van der Waals surface area contributed by atoms with Crippen LogP contribution < -0.4 is 14.8 Å². The van der Waals surface area contributed by atoms with Gasteiger partial charge in [0.1, 0.15) is 5.75 Å². The number of carbonyl (C=O) groups is 1. The maximum absolute atomic E-state index is 12.6. The number of amides is 1. The molecule has 0 aliphatic heterocycles. The highest BCUT2D eigenvalue weighted by Gasteiger charge is 2.15. The molecule has 0 aliphatic rings. The third-order valence-electron chi connectivity index (χ3n) is 4.77. The van der Waals surface area contributed by atoms with E-state index in [1.165, 1.54) is 24.3 Å². The van der Waals surface area contributed by atoms with Crippen molar-refractivity contribution in [2.24, 2.45) is 0 Å². The SMILES string of the molecule is CSc1ccc([C@H](C)NC(=O)COc2ccc(S(=O)(=O)Nc3cccc(C)c3)cc2)cc1. The van der Waals surface area contributed by atoms with Gasteiger partial charge in [0.05, 0.1) is 10.9 Å². The van der Waals surface area contributed by atoms with Crippen molar-refractivity contribution in [2.45, 2.75) is 29.7 Å². The van der Waals surface area contributed by atoms with Gasteiger partial charge in [0.25, 0.3) is 15.9 Å². The van der Waals surface area contributed by atoms with Crippen LogP contribution >= 0.6 is 11.8 Å². The van der Waals surface area contributed by atoms with Gasteiger partial charge in [-0.2, -0.15) is 0 Å². The number of ether oxygens (including phenoxy) is 1. The van der Waals surface area contributed by atoms with Crippen LogP contribution in [0.3, 0.4) is 0 Å². The molecule has 0 bridgehead atoms. The van der Waals surface area contributed by atoms with Crippen LogP contribution in [0.2, 0.25) is 0 Å². The lowest BCUT2D eigenvalue weighted by Gasteiger charge is -2.15. The van der Waals surface area contributed by atoms with Gasteiger partial charge >= 0.3 is 0 Å². The number of nitrogens with one attached hydrogen (secondary N) is 2. The van der Waals surface area contributed by atoms with Gasteiger partial charge in [0.2, 0.25) is 0 Å². The number of hydrogen-bond donors (Lipinski definition) is 2. The van der Waals surface area contributed by atoms with Gasteiger partial charge in [-0.05, 0) is 79.8 Å². The highest BCUT2D eigenvalue weighted by Crippen LogP contribution is 2.21. The number of benzene rings is 3. The topological polar surface area (TPSA) is 84.5 Å². The van der Waals surface area contributed by atoms with Crippen molar-refractivity contribution in [3.05, 3.63) is 83.9 Å². The average Bonchev–Trinajstić information content (AvgIpc) is 2.77. The molecule has 0 saturated heterocycles. The Morgan fingerprint density at radius 2 is 1.72 bits per heavy atom. The van der Waals surface area contributed by atoms with Crippen molar-refractivity contribution in [1.82, 2.24) is 5.32 Å². The van der Waals surface area contributed by atoms with E-state index in [9.17, 15) is 13.2 Å². The molecule has 0 saturated carbocycles. The van der Waals surface area contributed by atoms with Crippen LogP contribution in [0.15, 0.2) is 82.6 Å². The zero-order chi connectivity index (χ0) is 23.1. The summed E-state index contributed by atoms with van der Waals surface area (Å²) < 4.78 is 33.2. The Balaban J connectivity index is 1.54. The van der Waals surface area contributed by atoms with Gasteiger partial charge in [-0.25, -0.2) is 8.42 Å². The fourth-order valence-electron chi connectivity index (χ4n) is 3.05. The second kappa shape index (κ2) is 10.6. The fourth-order valence-corrected chi connectivity index (χ4v) is 4.50. The molecule has 6 nitrogen and oxygen atoms in total. The zero-order valence-corrected chi connectivity index (χ0v) is 19.8. The highest BCUT2D eigenvalue weighted by atomic mass is 32.2. The normalized spacial score (nSPS) is 12.1. The summed E-state index contributed by atoms with van der Waals surface area (Å²) in [6.45, 7) is 3.63. The van der Waals surface area contributed by atoms with E-state index in [1.54, 1.807) is 30.0 Å². The van der Waals surface area contributed by atoms with Crippen LogP contribution in [0, 0.1) is 6.92 Å². The third kappa shape index (κ3) is 6.51. The molecule has 8 heteroatoms. The molecule has 3 aromatic carbocycles. The summed E-state index contributed by atoms with van der Waals surface area (Å²) in [5.41, 5.74) is 2.46. The molecule has 0 aliphatic carbocycles. The van der Waals surface area contributed by atoms with Crippen molar-refractivity contribution in [1.29, 1.82) is 0 Å².